The molecule has 4 nitrogen and oxygen atoms in total. The lowest BCUT2D eigenvalue weighted by atomic mass is 10.1. The molecule has 2 aromatic rings. The quantitative estimate of drug-likeness (QED) is 0.778. The molecule has 0 radical (unpaired) electrons. The lowest BCUT2D eigenvalue weighted by Crippen LogP contribution is -2.06. The Morgan fingerprint density at radius 2 is 2.26 bits per heavy atom. The van der Waals surface area contributed by atoms with Crippen molar-refractivity contribution in [1.29, 1.82) is 0 Å². The molecule has 0 aliphatic heterocycles. The average molecular weight is 262 g/mol. The number of hydrogen-bond donors (Lipinski definition) is 0. The number of carbonyl (C=O) groups is 1. The van der Waals surface area contributed by atoms with Gasteiger partial charge in [0.15, 0.2) is 5.78 Å². The van der Waals surface area contributed by atoms with E-state index in [4.69, 9.17) is 4.74 Å². The van der Waals surface area contributed by atoms with Gasteiger partial charge in [-0.1, -0.05) is 0 Å². The van der Waals surface area contributed by atoms with Gasteiger partial charge in [-0.15, -0.1) is 0 Å². The van der Waals surface area contributed by atoms with E-state index in [0.29, 0.717) is 5.56 Å². The molecule has 100 valence electrons. The molecule has 0 aliphatic rings. The fourth-order valence-corrected chi connectivity index (χ4v) is 1.81. The highest BCUT2D eigenvalue weighted by atomic mass is 19.1. The summed E-state index contributed by atoms with van der Waals surface area (Å²) in [4.78, 5) is 15.5. The van der Waals surface area contributed by atoms with Crippen LogP contribution < -0.4 is 4.74 Å². The number of ketones is 1. The van der Waals surface area contributed by atoms with E-state index in [1.165, 1.54) is 25.1 Å². The maximum Gasteiger partial charge on any atom is 0.163 e. The molecule has 0 fully saturated rings. The van der Waals surface area contributed by atoms with Gasteiger partial charge in [0.2, 0.25) is 0 Å². The summed E-state index contributed by atoms with van der Waals surface area (Å²) in [6.07, 6.45) is 3.40. The summed E-state index contributed by atoms with van der Waals surface area (Å²) in [6, 6.07) is 3.91. The van der Waals surface area contributed by atoms with Gasteiger partial charge in [-0.05, 0) is 26.0 Å². The maximum atomic E-state index is 13.2. The summed E-state index contributed by atoms with van der Waals surface area (Å²) in [5, 5.41) is 0. The Morgan fingerprint density at radius 1 is 1.47 bits per heavy atom. The molecule has 19 heavy (non-hydrogen) atoms. The Labute approximate surface area is 110 Å². The summed E-state index contributed by atoms with van der Waals surface area (Å²) in [6.45, 7) is 4.45. The van der Waals surface area contributed by atoms with E-state index >= 15 is 0 Å². The van der Waals surface area contributed by atoms with Crippen molar-refractivity contribution in [2.45, 2.75) is 27.0 Å². The number of aryl methyl sites for hydroxylation is 1. The van der Waals surface area contributed by atoms with E-state index in [0.717, 1.165) is 12.2 Å². The third-order valence-corrected chi connectivity index (χ3v) is 2.84. The van der Waals surface area contributed by atoms with E-state index < -0.39 is 5.82 Å². The van der Waals surface area contributed by atoms with Crippen molar-refractivity contribution in [1.82, 2.24) is 9.55 Å². The minimum atomic E-state index is -0.427. The molecule has 2 rings (SSSR count). The Kier molecular flexibility index (Phi) is 3.94. The molecule has 0 aliphatic carbocycles. The van der Waals surface area contributed by atoms with Gasteiger partial charge in [-0.3, -0.25) is 4.79 Å². The third kappa shape index (κ3) is 2.99. The van der Waals surface area contributed by atoms with E-state index in [2.05, 4.69) is 4.98 Å². The molecule has 0 spiro atoms. The maximum absolute atomic E-state index is 13.2. The van der Waals surface area contributed by atoms with Gasteiger partial charge in [-0.2, -0.15) is 0 Å². The van der Waals surface area contributed by atoms with Gasteiger partial charge in [0.1, 0.15) is 18.2 Å². The Balaban J connectivity index is 2.19. The average Bonchev–Trinajstić information content (AvgIpc) is 2.83. The molecule has 0 saturated carbocycles. The van der Waals surface area contributed by atoms with E-state index in [1.54, 1.807) is 12.5 Å². The second-order valence-electron chi connectivity index (χ2n) is 4.16. The topological polar surface area (TPSA) is 44.1 Å². The number of halogens is 1. The van der Waals surface area contributed by atoms with Crippen LogP contribution in [0.4, 0.5) is 4.39 Å². The van der Waals surface area contributed by atoms with Crippen LogP contribution in [0.3, 0.4) is 0 Å². The zero-order valence-electron chi connectivity index (χ0n) is 10.9. The number of carbonyl (C=O) groups excluding carboxylic acids is 1. The number of aromatic nitrogens is 2. The first-order chi connectivity index (χ1) is 9.11. The molecular formula is C14H15FN2O2. The van der Waals surface area contributed by atoms with E-state index in [-0.39, 0.29) is 18.1 Å². The summed E-state index contributed by atoms with van der Waals surface area (Å²) in [7, 11) is 0. The number of rotatable bonds is 5. The molecule has 0 N–H and O–H groups in total. The van der Waals surface area contributed by atoms with Gasteiger partial charge in [0.05, 0.1) is 23.8 Å². The molecule has 5 heteroatoms. The molecule has 0 atom stereocenters. The van der Waals surface area contributed by atoms with Crippen LogP contribution in [0, 0.1) is 5.82 Å². The molecular weight excluding hydrogens is 247 g/mol. The van der Waals surface area contributed by atoms with Crippen LogP contribution >= 0.6 is 0 Å². The number of benzene rings is 1. The minimum absolute atomic E-state index is 0.154. The van der Waals surface area contributed by atoms with Crippen LogP contribution in [0.15, 0.2) is 30.7 Å². The van der Waals surface area contributed by atoms with Crippen LogP contribution in [0.25, 0.3) is 0 Å². The zero-order valence-corrected chi connectivity index (χ0v) is 10.9. The molecule has 1 heterocycles. The summed E-state index contributed by atoms with van der Waals surface area (Å²) in [5.74, 6) is -0.320. The Bertz CT molecular complexity index is 593. The first-order valence-electron chi connectivity index (χ1n) is 6.04. The minimum Gasteiger partial charge on any atom is -0.486 e. The molecule has 0 bridgehead atoms. The third-order valence-electron chi connectivity index (χ3n) is 2.84. The van der Waals surface area contributed by atoms with Crippen LogP contribution in [-0.4, -0.2) is 15.3 Å². The first-order valence-corrected chi connectivity index (χ1v) is 6.04. The Hall–Kier alpha value is -2.17. The summed E-state index contributed by atoms with van der Waals surface area (Å²) in [5.41, 5.74) is 1.25. The molecule has 1 aromatic heterocycles. The number of hydrogen-bond acceptors (Lipinski definition) is 3. The van der Waals surface area contributed by atoms with Gasteiger partial charge in [-0.25, -0.2) is 9.37 Å². The predicted octanol–water partition coefficient (Wildman–Crippen LogP) is 2.82. The van der Waals surface area contributed by atoms with Gasteiger partial charge < -0.3 is 9.30 Å². The lowest BCUT2D eigenvalue weighted by Gasteiger charge is -2.11. The number of nitrogens with zero attached hydrogens (tertiary/aromatic N) is 2. The largest absolute Gasteiger partial charge is 0.486 e. The molecule has 0 amide bonds. The highest BCUT2D eigenvalue weighted by Crippen LogP contribution is 2.21. The molecule has 1 aromatic carbocycles. The number of ether oxygens (including phenoxy) is 1. The second-order valence-corrected chi connectivity index (χ2v) is 4.16. The zero-order chi connectivity index (χ0) is 13.8. The number of imidazole rings is 1. The van der Waals surface area contributed by atoms with Gasteiger partial charge >= 0.3 is 0 Å². The highest BCUT2D eigenvalue weighted by Gasteiger charge is 2.11. The normalized spacial score (nSPS) is 10.5. The fourth-order valence-electron chi connectivity index (χ4n) is 1.81. The van der Waals surface area contributed by atoms with Crippen molar-refractivity contribution in [2.75, 3.05) is 0 Å². The second kappa shape index (κ2) is 5.65. The van der Waals surface area contributed by atoms with Crippen LogP contribution in [0.5, 0.6) is 5.75 Å². The van der Waals surface area contributed by atoms with Gasteiger partial charge in [0.25, 0.3) is 0 Å². The predicted molar refractivity (Wildman–Crippen MR) is 68.6 cm³/mol. The SMILES string of the molecule is CCn1cncc1COc1cc(F)ccc1C(C)=O. The van der Waals surface area contributed by atoms with Crippen LogP contribution in [0.2, 0.25) is 0 Å². The van der Waals surface area contributed by atoms with Crippen molar-refractivity contribution >= 4 is 5.78 Å². The van der Waals surface area contributed by atoms with Crippen molar-refractivity contribution < 1.29 is 13.9 Å². The van der Waals surface area contributed by atoms with Crippen LogP contribution in [-0.2, 0) is 13.2 Å². The van der Waals surface area contributed by atoms with Crippen molar-refractivity contribution in [3.8, 4) is 5.75 Å². The summed E-state index contributed by atoms with van der Waals surface area (Å²) >= 11 is 0. The van der Waals surface area contributed by atoms with Gasteiger partial charge in [0, 0.05) is 12.6 Å². The van der Waals surface area contributed by atoms with Crippen LogP contribution in [0.1, 0.15) is 29.9 Å². The first kappa shape index (κ1) is 13.3. The highest BCUT2D eigenvalue weighted by molar-refractivity contribution is 5.96. The Morgan fingerprint density at radius 3 is 2.95 bits per heavy atom. The van der Waals surface area contributed by atoms with E-state index in [9.17, 15) is 9.18 Å². The lowest BCUT2D eigenvalue weighted by molar-refractivity contribution is 0.101. The monoisotopic (exact) mass is 262 g/mol. The smallest absolute Gasteiger partial charge is 0.163 e. The summed E-state index contributed by atoms with van der Waals surface area (Å²) < 4.78 is 20.7. The fraction of sp³-hybridized carbons (Fsp3) is 0.286. The van der Waals surface area contributed by atoms with Crippen molar-refractivity contribution in [3.05, 3.63) is 47.8 Å². The molecule has 0 saturated heterocycles. The van der Waals surface area contributed by atoms with Crippen molar-refractivity contribution in [2.24, 2.45) is 0 Å². The number of Topliss-reactive ketones (excluding diaryl/α,β-unsaturated/α-hetero) is 1. The van der Waals surface area contributed by atoms with E-state index in [1.807, 2.05) is 11.5 Å². The van der Waals surface area contributed by atoms with Crippen molar-refractivity contribution in [3.63, 3.8) is 0 Å². The molecule has 0 unspecified atom stereocenters. The standard InChI is InChI=1S/C14H15FN2O2/c1-3-17-9-16-7-12(17)8-19-14-6-11(15)4-5-13(14)10(2)18/h4-7,9H,3,8H2,1-2H3.